The number of rotatable bonds is 4. The van der Waals surface area contributed by atoms with Gasteiger partial charge in [0.25, 0.3) is 0 Å². The van der Waals surface area contributed by atoms with Gasteiger partial charge in [0.15, 0.2) is 5.78 Å². The summed E-state index contributed by atoms with van der Waals surface area (Å²) < 4.78 is 0. The van der Waals surface area contributed by atoms with Gasteiger partial charge in [-0.25, -0.2) is 0 Å². The fourth-order valence-corrected chi connectivity index (χ4v) is 2.34. The lowest BCUT2D eigenvalue weighted by molar-refractivity contribution is 0.0746. The predicted molar refractivity (Wildman–Crippen MR) is 76.3 cm³/mol. The second kappa shape index (κ2) is 5.81. The monoisotopic (exact) mass is 254 g/mol. The normalized spacial score (nSPS) is 12.2. The number of aryl methyl sites for hydroxylation is 1. The van der Waals surface area contributed by atoms with Gasteiger partial charge >= 0.3 is 0 Å². The zero-order chi connectivity index (χ0) is 13.8. The number of carbonyl (C=O) groups excluding carboxylic acids is 1. The first kappa shape index (κ1) is 13.5. The van der Waals surface area contributed by atoms with Gasteiger partial charge in [0.2, 0.25) is 0 Å². The van der Waals surface area contributed by atoms with Crippen molar-refractivity contribution in [3.05, 3.63) is 70.8 Å². The lowest BCUT2D eigenvalue weighted by Crippen LogP contribution is -2.14. The molecule has 0 aliphatic carbocycles. The molecule has 0 aliphatic rings. The average molecular weight is 254 g/mol. The second-order valence-corrected chi connectivity index (χ2v) is 4.63. The van der Waals surface area contributed by atoms with E-state index in [0.29, 0.717) is 11.1 Å². The Morgan fingerprint density at radius 1 is 1.11 bits per heavy atom. The van der Waals surface area contributed by atoms with E-state index in [4.69, 9.17) is 0 Å². The summed E-state index contributed by atoms with van der Waals surface area (Å²) in [6.07, 6.45) is -0.303. The summed E-state index contributed by atoms with van der Waals surface area (Å²) in [5, 5.41) is 10.2. The van der Waals surface area contributed by atoms with Crippen LogP contribution in [0.15, 0.2) is 48.5 Å². The van der Waals surface area contributed by atoms with E-state index >= 15 is 0 Å². The first-order valence-electron chi connectivity index (χ1n) is 6.51. The Balaban J connectivity index is 2.37. The Morgan fingerprint density at radius 2 is 1.79 bits per heavy atom. The van der Waals surface area contributed by atoms with Crippen LogP contribution in [0.5, 0.6) is 0 Å². The van der Waals surface area contributed by atoms with E-state index in [1.54, 1.807) is 18.2 Å². The first-order chi connectivity index (χ1) is 9.15. The highest BCUT2D eigenvalue weighted by Gasteiger charge is 2.21. The number of benzene rings is 2. The zero-order valence-corrected chi connectivity index (χ0v) is 11.3. The molecule has 0 fully saturated rings. The summed E-state index contributed by atoms with van der Waals surface area (Å²) in [5.41, 5.74) is 3.37. The molecule has 98 valence electrons. The Hall–Kier alpha value is -1.93. The molecule has 0 spiro atoms. The number of carbonyl (C=O) groups is 1. The molecule has 0 heterocycles. The fourth-order valence-electron chi connectivity index (χ4n) is 2.34. The minimum absolute atomic E-state index is 0.230. The Kier molecular flexibility index (Phi) is 4.13. The Bertz CT molecular complexity index is 573. The van der Waals surface area contributed by atoms with Crippen molar-refractivity contribution < 1.29 is 9.90 Å². The van der Waals surface area contributed by atoms with Crippen molar-refractivity contribution in [3.63, 3.8) is 0 Å². The number of aliphatic hydroxyl groups is 1. The quantitative estimate of drug-likeness (QED) is 0.848. The van der Waals surface area contributed by atoms with Crippen LogP contribution in [0.3, 0.4) is 0 Å². The molecular weight excluding hydrogens is 236 g/mol. The SMILES string of the molecule is CCc1c(C)cccc1C(=O)C(O)c1ccccc1. The van der Waals surface area contributed by atoms with Crippen molar-refractivity contribution in [1.82, 2.24) is 0 Å². The van der Waals surface area contributed by atoms with Crippen LogP contribution in [-0.4, -0.2) is 10.9 Å². The first-order valence-corrected chi connectivity index (χ1v) is 6.51. The van der Waals surface area contributed by atoms with Gasteiger partial charge in [0.05, 0.1) is 0 Å². The van der Waals surface area contributed by atoms with Crippen LogP contribution in [-0.2, 0) is 6.42 Å². The van der Waals surface area contributed by atoms with Crippen LogP contribution >= 0.6 is 0 Å². The molecule has 1 N–H and O–H groups in total. The number of hydrogen-bond donors (Lipinski definition) is 1. The molecule has 2 rings (SSSR count). The second-order valence-electron chi connectivity index (χ2n) is 4.63. The molecule has 2 aromatic rings. The molecule has 0 amide bonds. The highest BCUT2D eigenvalue weighted by Crippen LogP contribution is 2.22. The summed E-state index contributed by atoms with van der Waals surface area (Å²) in [5.74, 6) is -0.230. The number of hydrogen-bond acceptors (Lipinski definition) is 2. The van der Waals surface area contributed by atoms with E-state index in [0.717, 1.165) is 17.5 Å². The molecule has 19 heavy (non-hydrogen) atoms. The van der Waals surface area contributed by atoms with E-state index in [1.807, 2.05) is 44.2 Å². The maximum atomic E-state index is 12.4. The van der Waals surface area contributed by atoms with Gasteiger partial charge in [-0.3, -0.25) is 4.79 Å². The molecule has 0 aromatic heterocycles. The van der Waals surface area contributed by atoms with Crippen LogP contribution in [0, 0.1) is 6.92 Å². The molecule has 1 unspecified atom stereocenters. The van der Waals surface area contributed by atoms with Crippen molar-refractivity contribution in [2.45, 2.75) is 26.4 Å². The van der Waals surface area contributed by atoms with Gasteiger partial charge < -0.3 is 5.11 Å². The zero-order valence-electron chi connectivity index (χ0n) is 11.3. The third kappa shape index (κ3) is 2.74. The number of Topliss-reactive ketones (excluding diaryl/α,β-unsaturated/α-hetero) is 1. The molecule has 0 saturated heterocycles. The van der Waals surface area contributed by atoms with Gasteiger partial charge in [-0.2, -0.15) is 0 Å². The van der Waals surface area contributed by atoms with E-state index in [1.165, 1.54) is 0 Å². The van der Waals surface area contributed by atoms with Crippen LogP contribution in [0.2, 0.25) is 0 Å². The van der Waals surface area contributed by atoms with Crippen LogP contribution in [0.1, 0.15) is 40.1 Å². The van der Waals surface area contributed by atoms with Gasteiger partial charge in [-0.15, -0.1) is 0 Å². The molecule has 0 saturated carbocycles. The molecule has 2 nitrogen and oxygen atoms in total. The topological polar surface area (TPSA) is 37.3 Å². The summed E-state index contributed by atoms with van der Waals surface area (Å²) in [6.45, 7) is 4.01. The summed E-state index contributed by atoms with van der Waals surface area (Å²) in [4.78, 5) is 12.4. The molecule has 2 heteroatoms. The van der Waals surface area contributed by atoms with Gasteiger partial charge in [-0.1, -0.05) is 55.5 Å². The largest absolute Gasteiger partial charge is 0.380 e. The van der Waals surface area contributed by atoms with Gasteiger partial charge in [0, 0.05) is 5.56 Å². The van der Waals surface area contributed by atoms with Gasteiger partial charge in [-0.05, 0) is 30.0 Å². The minimum atomic E-state index is -1.09. The lowest BCUT2D eigenvalue weighted by atomic mass is 9.92. The predicted octanol–water partition coefficient (Wildman–Crippen LogP) is 3.47. The molecule has 2 aromatic carbocycles. The third-order valence-electron chi connectivity index (χ3n) is 3.39. The summed E-state index contributed by atoms with van der Waals surface area (Å²) in [6, 6.07) is 14.7. The minimum Gasteiger partial charge on any atom is -0.380 e. The van der Waals surface area contributed by atoms with E-state index in [-0.39, 0.29) is 5.78 Å². The molecular formula is C17H18O2. The van der Waals surface area contributed by atoms with E-state index in [9.17, 15) is 9.90 Å². The Morgan fingerprint density at radius 3 is 2.42 bits per heavy atom. The van der Waals surface area contributed by atoms with Crippen molar-refractivity contribution in [2.24, 2.45) is 0 Å². The molecule has 0 bridgehead atoms. The smallest absolute Gasteiger partial charge is 0.196 e. The van der Waals surface area contributed by atoms with Crippen LogP contribution in [0.25, 0.3) is 0 Å². The standard InChI is InChI=1S/C17H18O2/c1-3-14-12(2)8-7-11-15(14)17(19)16(18)13-9-5-4-6-10-13/h4-11,16,18H,3H2,1-2H3. The highest BCUT2D eigenvalue weighted by molar-refractivity contribution is 6.01. The van der Waals surface area contributed by atoms with Crippen LogP contribution < -0.4 is 0 Å². The number of aliphatic hydroxyl groups excluding tert-OH is 1. The molecule has 0 radical (unpaired) electrons. The van der Waals surface area contributed by atoms with Crippen LogP contribution in [0.4, 0.5) is 0 Å². The molecule has 1 atom stereocenters. The van der Waals surface area contributed by atoms with Crippen molar-refractivity contribution in [1.29, 1.82) is 0 Å². The maximum absolute atomic E-state index is 12.4. The van der Waals surface area contributed by atoms with Crippen molar-refractivity contribution >= 4 is 5.78 Å². The number of ketones is 1. The highest BCUT2D eigenvalue weighted by atomic mass is 16.3. The lowest BCUT2D eigenvalue weighted by Gasteiger charge is -2.14. The van der Waals surface area contributed by atoms with Crippen molar-refractivity contribution in [2.75, 3.05) is 0 Å². The molecule has 0 aliphatic heterocycles. The van der Waals surface area contributed by atoms with E-state index in [2.05, 4.69) is 0 Å². The van der Waals surface area contributed by atoms with Gasteiger partial charge in [0.1, 0.15) is 6.10 Å². The third-order valence-corrected chi connectivity index (χ3v) is 3.39. The van der Waals surface area contributed by atoms with Crippen molar-refractivity contribution in [3.8, 4) is 0 Å². The van der Waals surface area contributed by atoms with E-state index < -0.39 is 6.10 Å². The maximum Gasteiger partial charge on any atom is 0.196 e. The summed E-state index contributed by atoms with van der Waals surface area (Å²) >= 11 is 0. The average Bonchev–Trinajstić information content (AvgIpc) is 2.46. The fraction of sp³-hybridized carbons (Fsp3) is 0.235. The Labute approximate surface area is 113 Å². The summed E-state index contributed by atoms with van der Waals surface area (Å²) in [7, 11) is 0.